The molecule has 2 heteroatoms. The largest absolute Gasteiger partial charge is 0.298 e. The van der Waals surface area contributed by atoms with Gasteiger partial charge in [-0.1, -0.05) is 30.3 Å². The van der Waals surface area contributed by atoms with Crippen molar-refractivity contribution in [3.05, 3.63) is 35.9 Å². The van der Waals surface area contributed by atoms with E-state index >= 15 is 0 Å². The van der Waals surface area contributed by atoms with Crippen LogP contribution in [0.2, 0.25) is 0 Å². The van der Waals surface area contributed by atoms with E-state index in [4.69, 9.17) is 4.84 Å². The van der Waals surface area contributed by atoms with Crippen molar-refractivity contribution in [1.29, 1.82) is 0 Å². The van der Waals surface area contributed by atoms with Crippen LogP contribution in [0.15, 0.2) is 30.3 Å². The maximum absolute atomic E-state index is 5.58. The second kappa shape index (κ2) is 3.71. The molecule has 1 aromatic rings. The molecule has 1 saturated heterocycles. The molecule has 1 atom stereocenters. The zero-order chi connectivity index (χ0) is 10.0. The molecule has 0 N–H and O–H groups in total. The molecule has 1 unspecified atom stereocenters. The summed E-state index contributed by atoms with van der Waals surface area (Å²) in [7, 11) is 2.02. The molecule has 1 heterocycles. The van der Waals surface area contributed by atoms with Gasteiger partial charge in [0.25, 0.3) is 0 Å². The lowest BCUT2D eigenvalue weighted by Gasteiger charge is -2.42. The summed E-state index contributed by atoms with van der Waals surface area (Å²) in [6.45, 7) is 3.08. The molecule has 1 aliphatic heterocycles. The van der Waals surface area contributed by atoms with Crippen LogP contribution >= 0.6 is 0 Å². The Labute approximate surface area is 85.4 Å². The van der Waals surface area contributed by atoms with Gasteiger partial charge in [-0.25, -0.2) is 0 Å². The number of rotatable bonds is 1. The molecule has 76 valence electrons. The van der Waals surface area contributed by atoms with Gasteiger partial charge in [-0.05, 0) is 25.3 Å². The van der Waals surface area contributed by atoms with Gasteiger partial charge in [0.2, 0.25) is 0 Å². The fraction of sp³-hybridized carbons (Fsp3) is 0.500. The van der Waals surface area contributed by atoms with Gasteiger partial charge >= 0.3 is 0 Å². The van der Waals surface area contributed by atoms with E-state index in [9.17, 15) is 0 Å². The van der Waals surface area contributed by atoms with Gasteiger partial charge in [-0.3, -0.25) is 4.84 Å². The van der Waals surface area contributed by atoms with Gasteiger partial charge < -0.3 is 0 Å². The lowest BCUT2D eigenvalue weighted by molar-refractivity contribution is -0.233. The maximum Gasteiger partial charge on any atom is 0.0686 e. The van der Waals surface area contributed by atoms with E-state index in [1.165, 1.54) is 5.56 Å². The first-order valence-corrected chi connectivity index (χ1v) is 5.16. The molecular weight excluding hydrogens is 174 g/mol. The first-order chi connectivity index (χ1) is 6.73. The SMILES string of the molecule is CN1OCCCC1(C)c1ccccc1. The highest BCUT2D eigenvalue weighted by atomic mass is 16.7. The summed E-state index contributed by atoms with van der Waals surface area (Å²) in [5.41, 5.74) is 1.38. The van der Waals surface area contributed by atoms with Crippen LogP contribution in [0.3, 0.4) is 0 Å². The summed E-state index contributed by atoms with van der Waals surface area (Å²) in [5, 5.41) is 1.99. The Hall–Kier alpha value is -0.860. The van der Waals surface area contributed by atoms with Crippen molar-refractivity contribution >= 4 is 0 Å². The lowest BCUT2D eigenvalue weighted by Crippen LogP contribution is -2.44. The minimum absolute atomic E-state index is 0.0412. The van der Waals surface area contributed by atoms with Crippen LogP contribution in [0.5, 0.6) is 0 Å². The zero-order valence-corrected chi connectivity index (χ0v) is 8.86. The highest BCUT2D eigenvalue weighted by Crippen LogP contribution is 2.34. The number of benzene rings is 1. The molecule has 0 amide bonds. The third-order valence-electron chi connectivity index (χ3n) is 3.18. The van der Waals surface area contributed by atoms with Crippen molar-refractivity contribution in [3.63, 3.8) is 0 Å². The molecule has 1 aromatic carbocycles. The number of hydrogen-bond donors (Lipinski definition) is 0. The van der Waals surface area contributed by atoms with Gasteiger partial charge in [0.1, 0.15) is 0 Å². The van der Waals surface area contributed by atoms with Crippen molar-refractivity contribution in [2.75, 3.05) is 13.7 Å². The Morgan fingerprint density at radius 2 is 2.00 bits per heavy atom. The van der Waals surface area contributed by atoms with Crippen molar-refractivity contribution < 1.29 is 4.84 Å². The third kappa shape index (κ3) is 1.56. The van der Waals surface area contributed by atoms with Crippen molar-refractivity contribution in [2.24, 2.45) is 0 Å². The van der Waals surface area contributed by atoms with Crippen LogP contribution in [0.4, 0.5) is 0 Å². The van der Waals surface area contributed by atoms with E-state index in [1.54, 1.807) is 0 Å². The van der Waals surface area contributed by atoms with E-state index < -0.39 is 0 Å². The summed E-state index contributed by atoms with van der Waals surface area (Å²) in [6.07, 6.45) is 2.29. The highest BCUT2D eigenvalue weighted by Gasteiger charge is 2.34. The Balaban J connectivity index is 2.30. The predicted octanol–water partition coefficient (Wildman–Crippen LogP) is 2.56. The third-order valence-corrected chi connectivity index (χ3v) is 3.18. The molecule has 0 aromatic heterocycles. The molecule has 14 heavy (non-hydrogen) atoms. The normalized spacial score (nSPS) is 29.0. The van der Waals surface area contributed by atoms with E-state index in [0.717, 1.165) is 19.4 Å². The standard InChI is InChI=1S/C12H17NO/c1-12(9-6-10-14-13(12)2)11-7-4-3-5-8-11/h3-5,7-8H,6,9-10H2,1-2H3. The second-order valence-corrected chi connectivity index (χ2v) is 4.07. The van der Waals surface area contributed by atoms with Crippen molar-refractivity contribution in [2.45, 2.75) is 25.3 Å². The van der Waals surface area contributed by atoms with Crippen molar-refractivity contribution in [1.82, 2.24) is 5.06 Å². The maximum atomic E-state index is 5.58. The summed E-state index contributed by atoms with van der Waals surface area (Å²) in [5.74, 6) is 0. The monoisotopic (exact) mass is 191 g/mol. The molecule has 0 bridgehead atoms. The minimum atomic E-state index is 0.0412. The van der Waals surface area contributed by atoms with Crippen LogP contribution < -0.4 is 0 Å². The van der Waals surface area contributed by atoms with Crippen LogP contribution in [-0.4, -0.2) is 18.7 Å². The zero-order valence-electron chi connectivity index (χ0n) is 8.86. The summed E-state index contributed by atoms with van der Waals surface area (Å²) in [4.78, 5) is 5.58. The van der Waals surface area contributed by atoms with E-state index in [2.05, 4.69) is 37.3 Å². The Morgan fingerprint density at radius 1 is 1.29 bits per heavy atom. The van der Waals surface area contributed by atoms with Crippen LogP contribution in [0.1, 0.15) is 25.3 Å². The summed E-state index contributed by atoms with van der Waals surface area (Å²) >= 11 is 0. The van der Waals surface area contributed by atoms with Gasteiger partial charge in [-0.2, -0.15) is 5.06 Å². The van der Waals surface area contributed by atoms with Crippen molar-refractivity contribution in [3.8, 4) is 0 Å². The first kappa shape index (κ1) is 9.69. The Bertz CT molecular complexity index is 298. The van der Waals surface area contributed by atoms with Gasteiger partial charge in [0.15, 0.2) is 0 Å². The predicted molar refractivity (Wildman–Crippen MR) is 56.7 cm³/mol. The molecular formula is C12H17NO. The molecule has 2 nitrogen and oxygen atoms in total. The van der Waals surface area contributed by atoms with Crippen LogP contribution in [0, 0.1) is 0 Å². The fourth-order valence-corrected chi connectivity index (χ4v) is 2.04. The minimum Gasteiger partial charge on any atom is -0.298 e. The quantitative estimate of drug-likeness (QED) is 0.676. The Morgan fingerprint density at radius 3 is 2.64 bits per heavy atom. The fourth-order valence-electron chi connectivity index (χ4n) is 2.04. The average Bonchev–Trinajstić information content (AvgIpc) is 2.24. The second-order valence-electron chi connectivity index (χ2n) is 4.07. The number of nitrogens with zero attached hydrogens (tertiary/aromatic N) is 1. The molecule has 1 fully saturated rings. The van der Waals surface area contributed by atoms with Gasteiger partial charge in [0.05, 0.1) is 12.1 Å². The van der Waals surface area contributed by atoms with E-state index in [0.29, 0.717) is 0 Å². The molecule has 0 spiro atoms. The van der Waals surface area contributed by atoms with Crippen LogP contribution in [0.25, 0.3) is 0 Å². The van der Waals surface area contributed by atoms with E-state index in [1.807, 2.05) is 12.1 Å². The van der Waals surface area contributed by atoms with Gasteiger partial charge in [0, 0.05) is 7.05 Å². The topological polar surface area (TPSA) is 12.5 Å². The summed E-state index contributed by atoms with van der Waals surface area (Å²) in [6, 6.07) is 10.6. The molecule has 0 radical (unpaired) electrons. The summed E-state index contributed by atoms with van der Waals surface area (Å²) < 4.78 is 0. The highest BCUT2D eigenvalue weighted by molar-refractivity contribution is 5.23. The first-order valence-electron chi connectivity index (χ1n) is 5.16. The number of hydrogen-bond acceptors (Lipinski definition) is 2. The lowest BCUT2D eigenvalue weighted by atomic mass is 9.86. The molecule has 0 aliphatic carbocycles. The number of hydroxylamine groups is 2. The van der Waals surface area contributed by atoms with E-state index in [-0.39, 0.29) is 5.54 Å². The molecule has 1 aliphatic rings. The van der Waals surface area contributed by atoms with Crippen LogP contribution in [-0.2, 0) is 10.4 Å². The smallest absolute Gasteiger partial charge is 0.0686 e. The Kier molecular flexibility index (Phi) is 2.57. The molecule has 2 rings (SSSR count). The molecule has 0 saturated carbocycles. The average molecular weight is 191 g/mol. The van der Waals surface area contributed by atoms with Gasteiger partial charge in [-0.15, -0.1) is 0 Å².